The summed E-state index contributed by atoms with van der Waals surface area (Å²) in [4.78, 5) is 36.8. The Morgan fingerprint density at radius 1 is 0.944 bits per heavy atom. The zero-order valence-corrected chi connectivity index (χ0v) is 22.8. The Bertz CT molecular complexity index is 922. The minimum atomic E-state index is -4.08. The van der Waals surface area contributed by atoms with Crippen molar-refractivity contribution in [3.8, 4) is 0 Å². The number of carbonyl (C=O) groups is 3. The molecule has 0 N–H and O–H groups in total. The first kappa shape index (κ1) is 30.1. The van der Waals surface area contributed by atoms with E-state index >= 15 is 0 Å². The number of hydrogen-bond acceptors (Lipinski definition) is 10. The van der Waals surface area contributed by atoms with Crippen LogP contribution in [-0.2, 0) is 48.8 Å². The number of rotatable bonds is 15. The number of unbranched alkanes of at least 4 members (excludes halogenated alkanes) is 1. The fraction of sp³-hybridized carbons (Fsp3) is 0.560. The standard InChI is InChI=1S/C25H35O9PS/c1-4-7-13-22-21(14-20(16-36-22)25(28)30-15-19-11-9-8-10-12-19)35(29,33-17-31-23(26)5-2)34-18-32-24(27)6-3/h8-12,20H,4-7,13-18H2,1-3H3/t20-/m0/s1. The molecule has 36 heavy (non-hydrogen) atoms. The van der Waals surface area contributed by atoms with Gasteiger partial charge in [0, 0.05) is 18.6 Å². The molecule has 0 radical (unpaired) electrons. The van der Waals surface area contributed by atoms with Gasteiger partial charge in [0.05, 0.1) is 11.2 Å². The van der Waals surface area contributed by atoms with Gasteiger partial charge in [-0.2, -0.15) is 0 Å². The Kier molecular flexibility index (Phi) is 13.3. The second kappa shape index (κ2) is 15.9. The molecule has 0 saturated carbocycles. The molecule has 9 nitrogen and oxygen atoms in total. The van der Waals surface area contributed by atoms with Gasteiger partial charge >= 0.3 is 25.5 Å². The van der Waals surface area contributed by atoms with Crippen molar-refractivity contribution in [3.05, 3.63) is 46.1 Å². The first-order valence-corrected chi connectivity index (χ1v) is 14.6. The molecule has 1 aliphatic heterocycles. The number of thioether (sulfide) groups is 1. The van der Waals surface area contributed by atoms with Gasteiger partial charge in [-0.05, 0) is 29.7 Å². The highest BCUT2D eigenvalue weighted by Crippen LogP contribution is 2.62. The molecular formula is C25H35O9PS. The Hall–Kier alpha value is -2.13. The molecule has 0 spiro atoms. The molecule has 2 rings (SSSR count). The summed E-state index contributed by atoms with van der Waals surface area (Å²) in [7, 11) is -4.08. The third-order valence-corrected chi connectivity index (χ3v) is 8.85. The van der Waals surface area contributed by atoms with E-state index in [4.69, 9.17) is 23.3 Å². The molecule has 0 bridgehead atoms. The molecule has 200 valence electrons. The maximum Gasteiger partial charge on any atom is 0.363 e. The number of ether oxygens (including phenoxy) is 3. The van der Waals surface area contributed by atoms with Crippen molar-refractivity contribution in [3.63, 3.8) is 0 Å². The lowest BCUT2D eigenvalue weighted by Crippen LogP contribution is -2.24. The van der Waals surface area contributed by atoms with Crippen molar-refractivity contribution in [2.45, 2.75) is 65.9 Å². The Morgan fingerprint density at radius 3 is 2.11 bits per heavy atom. The van der Waals surface area contributed by atoms with Gasteiger partial charge in [-0.25, -0.2) is 0 Å². The molecule has 1 atom stereocenters. The van der Waals surface area contributed by atoms with E-state index in [1.165, 1.54) is 11.8 Å². The Morgan fingerprint density at radius 2 is 1.56 bits per heavy atom. The second-order valence-electron chi connectivity index (χ2n) is 8.01. The van der Waals surface area contributed by atoms with Gasteiger partial charge < -0.3 is 14.2 Å². The first-order valence-electron chi connectivity index (χ1n) is 12.1. The van der Waals surface area contributed by atoms with Crippen LogP contribution in [0.3, 0.4) is 0 Å². The largest absolute Gasteiger partial charge is 0.461 e. The van der Waals surface area contributed by atoms with Crippen molar-refractivity contribution >= 4 is 37.3 Å². The summed E-state index contributed by atoms with van der Waals surface area (Å²) in [6.07, 6.45) is 2.72. The summed E-state index contributed by atoms with van der Waals surface area (Å²) >= 11 is 1.42. The quantitative estimate of drug-likeness (QED) is 0.114. The monoisotopic (exact) mass is 542 g/mol. The lowest BCUT2D eigenvalue weighted by atomic mass is 10.1. The lowest BCUT2D eigenvalue weighted by Gasteiger charge is -2.30. The molecule has 0 aliphatic carbocycles. The smallest absolute Gasteiger partial charge is 0.363 e. The molecule has 1 aromatic rings. The van der Waals surface area contributed by atoms with Crippen molar-refractivity contribution in [2.24, 2.45) is 5.92 Å². The van der Waals surface area contributed by atoms with Crippen LogP contribution in [0, 0.1) is 5.92 Å². The molecular weight excluding hydrogens is 507 g/mol. The highest BCUT2D eigenvalue weighted by atomic mass is 32.2. The van der Waals surface area contributed by atoms with E-state index in [2.05, 4.69) is 0 Å². The molecule has 0 aromatic heterocycles. The fourth-order valence-electron chi connectivity index (χ4n) is 3.23. The average molecular weight is 543 g/mol. The third-order valence-electron chi connectivity index (χ3n) is 5.33. The zero-order chi connectivity index (χ0) is 26.4. The van der Waals surface area contributed by atoms with Crippen LogP contribution in [0.25, 0.3) is 0 Å². The van der Waals surface area contributed by atoms with Gasteiger partial charge in [-0.3, -0.25) is 28.0 Å². The van der Waals surface area contributed by atoms with Gasteiger partial charge in [-0.15, -0.1) is 11.8 Å². The predicted octanol–water partition coefficient (Wildman–Crippen LogP) is 5.93. The van der Waals surface area contributed by atoms with E-state index in [1.54, 1.807) is 13.8 Å². The van der Waals surface area contributed by atoms with Gasteiger partial charge in [0.15, 0.2) is 0 Å². The molecule has 1 aliphatic rings. The van der Waals surface area contributed by atoms with Crippen LogP contribution in [0.15, 0.2) is 40.6 Å². The Balaban J connectivity index is 2.22. The van der Waals surface area contributed by atoms with Crippen molar-refractivity contribution in [1.29, 1.82) is 0 Å². The summed E-state index contributed by atoms with van der Waals surface area (Å²) in [5.74, 6) is -1.58. The van der Waals surface area contributed by atoms with E-state index in [1.807, 2.05) is 37.3 Å². The summed E-state index contributed by atoms with van der Waals surface area (Å²) in [6, 6.07) is 9.33. The molecule has 0 unspecified atom stereocenters. The van der Waals surface area contributed by atoms with E-state index in [0.29, 0.717) is 17.5 Å². The summed E-state index contributed by atoms with van der Waals surface area (Å²) in [5.41, 5.74) is 0.863. The van der Waals surface area contributed by atoms with Crippen LogP contribution in [0.1, 0.15) is 64.9 Å². The van der Waals surface area contributed by atoms with Crippen molar-refractivity contribution in [1.82, 2.24) is 0 Å². The van der Waals surface area contributed by atoms with Gasteiger partial charge in [0.1, 0.15) is 6.61 Å². The summed E-state index contributed by atoms with van der Waals surface area (Å²) in [5, 5.41) is 0.328. The highest BCUT2D eigenvalue weighted by molar-refractivity contribution is 8.03. The topological polar surface area (TPSA) is 114 Å². The number of carbonyl (C=O) groups excluding carboxylic acids is 3. The van der Waals surface area contributed by atoms with Crippen LogP contribution in [0.2, 0.25) is 0 Å². The van der Waals surface area contributed by atoms with E-state index < -0.39 is 45.0 Å². The number of benzene rings is 1. The van der Waals surface area contributed by atoms with E-state index in [9.17, 15) is 18.9 Å². The molecule has 0 fully saturated rings. The van der Waals surface area contributed by atoms with Crippen molar-refractivity contribution in [2.75, 3.05) is 19.3 Å². The van der Waals surface area contributed by atoms with E-state index in [-0.39, 0.29) is 25.9 Å². The molecule has 1 aromatic carbocycles. The predicted molar refractivity (Wildman–Crippen MR) is 136 cm³/mol. The maximum absolute atomic E-state index is 14.0. The number of hydrogen-bond donors (Lipinski definition) is 0. The van der Waals surface area contributed by atoms with Gasteiger partial charge in [-0.1, -0.05) is 57.5 Å². The van der Waals surface area contributed by atoms with Crippen LogP contribution in [0.4, 0.5) is 0 Å². The molecule has 11 heteroatoms. The van der Waals surface area contributed by atoms with Crippen LogP contribution in [0.5, 0.6) is 0 Å². The van der Waals surface area contributed by atoms with Crippen LogP contribution < -0.4 is 0 Å². The lowest BCUT2D eigenvalue weighted by molar-refractivity contribution is -0.152. The SMILES string of the molecule is CCCCC1=C(P(=O)(OCOC(=O)CC)OCOC(=O)CC)C[C@H](C(=O)OCc2ccccc2)CS1. The minimum absolute atomic E-state index is 0.0976. The molecule has 0 amide bonds. The fourth-order valence-corrected chi connectivity index (χ4v) is 6.58. The minimum Gasteiger partial charge on any atom is -0.461 e. The maximum atomic E-state index is 14.0. The summed E-state index contributed by atoms with van der Waals surface area (Å²) < 4.78 is 40.4. The van der Waals surface area contributed by atoms with Gasteiger partial charge in [0.25, 0.3) is 0 Å². The second-order valence-corrected chi connectivity index (χ2v) is 11.2. The Labute approximate surface area is 216 Å². The molecule has 1 heterocycles. The van der Waals surface area contributed by atoms with Crippen LogP contribution in [-0.4, -0.2) is 37.2 Å². The highest BCUT2D eigenvalue weighted by Gasteiger charge is 2.40. The van der Waals surface area contributed by atoms with Crippen molar-refractivity contribution < 1.29 is 42.2 Å². The number of esters is 3. The molecule has 0 saturated heterocycles. The normalized spacial score (nSPS) is 15.9. The first-order chi connectivity index (χ1) is 17.3. The number of allylic oxidation sites excluding steroid dienone is 2. The van der Waals surface area contributed by atoms with E-state index in [0.717, 1.165) is 23.3 Å². The summed E-state index contributed by atoms with van der Waals surface area (Å²) in [6.45, 7) is 4.23. The van der Waals surface area contributed by atoms with Gasteiger partial charge in [0.2, 0.25) is 13.6 Å². The average Bonchev–Trinajstić information content (AvgIpc) is 2.90. The zero-order valence-electron chi connectivity index (χ0n) is 21.1. The van der Waals surface area contributed by atoms with Crippen LogP contribution >= 0.6 is 19.4 Å². The third kappa shape index (κ3) is 9.73.